The topological polar surface area (TPSA) is 89.2 Å². The first-order chi connectivity index (χ1) is 17.9. The Bertz CT molecular complexity index is 1140. The van der Waals surface area contributed by atoms with Crippen molar-refractivity contribution in [3.63, 3.8) is 0 Å². The average molecular weight is 530 g/mol. The number of halogens is 1. The van der Waals surface area contributed by atoms with Gasteiger partial charge in [0, 0.05) is 50.0 Å². The van der Waals surface area contributed by atoms with E-state index in [4.69, 9.17) is 25.8 Å². The molecule has 1 aromatic heterocycles. The molecule has 1 aliphatic rings. The fourth-order valence-electron chi connectivity index (χ4n) is 4.63. The minimum Gasteiger partial charge on any atom is -0.493 e. The zero-order chi connectivity index (χ0) is 26.3. The molecule has 2 atom stereocenters. The Morgan fingerprint density at radius 2 is 1.95 bits per heavy atom. The second kappa shape index (κ2) is 12.6. The van der Waals surface area contributed by atoms with Crippen LogP contribution in [0.2, 0.25) is 5.02 Å². The highest BCUT2D eigenvalue weighted by molar-refractivity contribution is 6.30. The van der Waals surface area contributed by atoms with Crippen LogP contribution < -0.4 is 14.2 Å². The molecule has 0 radical (unpaired) electrons. The maximum absolute atomic E-state index is 11.2. The highest BCUT2D eigenvalue weighted by Crippen LogP contribution is 2.30. The van der Waals surface area contributed by atoms with E-state index in [-0.39, 0.29) is 13.2 Å². The fraction of sp³-hybridized carbons (Fsp3) is 0.464. The van der Waals surface area contributed by atoms with Crippen LogP contribution >= 0.6 is 11.6 Å². The van der Waals surface area contributed by atoms with E-state index < -0.39 is 11.7 Å². The summed E-state index contributed by atoms with van der Waals surface area (Å²) >= 11 is 5.93. The number of hydrogen-bond donors (Lipinski definition) is 2. The molecule has 2 N–H and O–H groups in total. The normalized spacial score (nSPS) is 20.1. The van der Waals surface area contributed by atoms with Gasteiger partial charge in [-0.15, -0.1) is 0 Å². The van der Waals surface area contributed by atoms with Crippen molar-refractivity contribution >= 4 is 11.6 Å². The first kappa shape index (κ1) is 27.3. The third kappa shape index (κ3) is 7.17. The molecule has 0 saturated carbocycles. The lowest BCUT2D eigenvalue weighted by Crippen LogP contribution is -2.59. The van der Waals surface area contributed by atoms with Crippen LogP contribution in [0.25, 0.3) is 0 Å². The SMILES string of the molecule is CCc1nccn1CCCOc1cc(CN2CC[C@H](O)[C@@](O)(COc3ccc(Cl)cc3)C2)ccc1OC. The highest BCUT2D eigenvalue weighted by Gasteiger charge is 2.42. The summed E-state index contributed by atoms with van der Waals surface area (Å²) in [6.45, 7) is 5.04. The van der Waals surface area contributed by atoms with E-state index in [0.29, 0.717) is 48.4 Å². The quantitative estimate of drug-likeness (QED) is 0.343. The fourth-order valence-corrected chi connectivity index (χ4v) is 4.75. The molecular weight excluding hydrogens is 494 g/mol. The van der Waals surface area contributed by atoms with Gasteiger partial charge in [0.1, 0.15) is 23.8 Å². The van der Waals surface area contributed by atoms with Gasteiger partial charge in [-0.3, -0.25) is 4.90 Å². The molecule has 0 amide bonds. The van der Waals surface area contributed by atoms with E-state index in [9.17, 15) is 10.2 Å². The lowest BCUT2D eigenvalue weighted by molar-refractivity contribution is -0.140. The molecule has 200 valence electrons. The molecule has 0 spiro atoms. The largest absolute Gasteiger partial charge is 0.493 e. The van der Waals surface area contributed by atoms with Crippen molar-refractivity contribution in [2.75, 3.05) is 33.4 Å². The number of hydrogen-bond acceptors (Lipinski definition) is 7. The second-order valence-corrected chi connectivity index (χ2v) is 9.88. The summed E-state index contributed by atoms with van der Waals surface area (Å²) in [6.07, 6.45) is 5.16. The van der Waals surface area contributed by atoms with Gasteiger partial charge in [-0.25, -0.2) is 4.98 Å². The van der Waals surface area contributed by atoms with Crippen LogP contribution in [0, 0.1) is 0 Å². The summed E-state index contributed by atoms with van der Waals surface area (Å²) in [5, 5.41) is 22.4. The summed E-state index contributed by atoms with van der Waals surface area (Å²) in [6, 6.07) is 12.8. The van der Waals surface area contributed by atoms with E-state index >= 15 is 0 Å². The van der Waals surface area contributed by atoms with Crippen molar-refractivity contribution in [1.82, 2.24) is 14.5 Å². The van der Waals surface area contributed by atoms with Crippen molar-refractivity contribution < 1.29 is 24.4 Å². The number of methoxy groups -OCH3 is 1. The average Bonchev–Trinajstić information content (AvgIpc) is 3.36. The molecular formula is C28H36ClN3O5. The van der Waals surface area contributed by atoms with E-state index in [1.54, 1.807) is 31.4 Å². The molecule has 0 aliphatic carbocycles. The van der Waals surface area contributed by atoms with Crippen LogP contribution in [-0.4, -0.2) is 69.8 Å². The maximum Gasteiger partial charge on any atom is 0.161 e. The number of aliphatic hydroxyl groups is 2. The number of piperidine rings is 1. The number of ether oxygens (including phenoxy) is 3. The highest BCUT2D eigenvalue weighted by atomic mass is 35.5. The van der Waals surface area contributed by atoms with E-state index in [2.05, 4.69) is 21.4 Å². The number of aliphatic hydroxyl groups excluding tert-OH is 1. The molecule has 1 aliphatic heterocycles. The van der Waals surface area contributed by atoms with E-state index in [1.807, 2.05) is 30.6 Å². The van der Waals surface area contributed by atoms with Gasteiger partial charge >= 0.3 is 0 Å². The number of nitrogens with zero attached hydrogens (tertiary/aromatic N) is 3. The van der Waals surface area contributed by atoms with Gasteiger partial charge in [0.15, 0.2) is 11.5 Å². The van der Waals surface area contributed by atoms with E-state index in [0.717, 1.165) is 30.8 Å². The smallest absolute Gasteiger partial charge is 0.161 e. The van der Waals surface area contributed by atoms with Gasteiger partial charge in [0.05, 0.1) is 19.8 Å². The molecule has 9 heteroatoms. The number of imidazole rings is 1. The van der Waals surface area contributed by atoms with Crippen molar-refractivity contribution in [3.05, 3.63) is 71.3 Å². The number of β-amino-alcohol motifs (C(OH)–C–C–N with tert-alkyl or cyclic N) is 1. The molecule has 2 aromatic carbocycles. The van der Waals surface area contributed by atoms with Crippen LogP contribution in [-0.2, 0) is 19.5 Å². The molecule has 8 nitrogen and oxygen atoms in total. The molecule has 1 saturated heterocycles. The van der Waals surface area contributed by atoms with Gasteiger partial charge in [-0.1, -0.05) is 24.6 Å². The van der Waals surface area contributed by atoms with Crippen molar-refractivity contribution in [2.24, 2.45) is 0 Å². The second-order valence-electron chi connectivity index (χ2n) is 9.44. The van der Waals surface area contributed by atoms with Crippen molar-refractivity contribution in [2.45, 2.75) is 51.0 Å². The number of rotatable bonds is 12. The standard InChI is InChI=1S/C28H36ClN3O5/c1-3-27-30-12-15-32(27)13-4-16-36-25-17-21(5-10-24(25)35-2)18-31-14-11-26(33)28(34,19-31)20-37-23-8-6-22(29)7-9-23/h5-10,12,15,17,26,33-34H,3-4,11,13-14,16,18-20H2,1-2H3/t26-,28-/m0/s1. The summed E-state index contributed by atoms with van der Waals surface area (Å²) in [7, 11) is 1.63. The van der Waals surface area contributed by atoms with Gasteiger partial charge in [-0.2, -0.15) is 0 Å². The number of aromatic nitrogens is 2. The lowest BCUT2D eigenvalue weighted by Gasteiger charge is -2.42. The summed E-state index contributed by atoms with van der Waals surface area (Å²) in [5.41, 5.74) is -0.343. The zero-order valence-electron chi connectivity index (χ0n) is 21.5. The van der Waals surface area contributed by atoms with Gasteiger partial charge in [-0.05, 0) is 54.8 Å². The predicted molar refractivity (Wildman–Crippen MR) is 143 cm³/mol. The Balaban J connectivity index is 1.34. The van der Waals surface area contributed by atoms with Crippen molar-refractivity contribution in [3.8, 4) is 17.2 Å². The van der Waals surface area contributed by atoms with Gasteiger partial charge < -0.3 is 29.0 Å². The first-order valence-electron chi connectivity index (χ1n) is 12.7. The Hall–Kier alpha value is -2.78. The minimum absolute atomic E-state index is 0.0140. The van der Waals surface area contributed by atoms with Crippen LogP contribution in [0.4, 0.5) is 0 Å². The number of likely N-dealkylation sites (tertiary alicyclic amines) is 1. The van der Waals surface area contributed by atoms with Crippen LogP contribution in [0.15, 0.2) is 54.9 Å². The molecule has 37 heavy (non-hydrogen) atoms. The van der Waals surface area contributed by atoms with E-state index in [1.165, 1.54) is 0 Å². The van der Waals surface area contributed by atoms with Crippen molar-refractivity contribution in [1.29, 1.82) is 0 Å². The first-order valence-corrected chi connectivity index (χ1v) is 13.1. The van der Waals surface area contributed by atoms with Gasteiger partial charge in [0.2, 0.25) is 0 Å². The van der Waals surface area contributed by atoms with Crippen LogP contribution in [0.1, 0.15) is 31.2 Å². The number of aryl methyl sites for hydroxylation is 2. The Morgan fingerprint density at radius 1 is 1.14 bits per heavy atom. The van der Waals surface area contributed by atoms with Crippen LogP contribution in [0.3, 0.4) is 0 Å². The Kier molecular flexibility index (Phi) is 9.32. The predicted octanol–water partition coefficient (Wildman–Crippen LogP) is 3.95. The summed E-state index contributed by atoms with van der Waals surface area (Å²) < 4.78 is 19.5. The molecule has 0 unspecified atom stereocenters. The molecule has 2 heterocycles. The van der Waals surface area contributed by atoms with Crippen LogP contribution in [0.5, 0.6) is 17.2 Å². The third-order valence-electron chi connectivity index (χ3n) is 6.69. The maximum atomic E-state index is 11.2. The summed E-state index contributed by atoms with van der Waals surface area (Å²) in [5.74, 6) is 3.05. The molecule has 3 aromatic rings. The zero-order valence-corrected chi connectivity index (χ0v) is 22.2. The van der Waals surface area contributed by atoms with Gasteiger partial charge in [0.25, 0.3) is 0 Å². The summed E-state index contributed by atoms with van der Waals surface area (Å²) in [4.78, 5) is 6.48. The third-order valence-corrected chi connectivity index (χ3v) is 6.94. The Morgan fingerprint density at radius 3 is 2.70 bits per heavy atom. The molecule has 1 fully saturated rings. The Labute approximate surface area is 223 Å². The molecule has 4 rings (SSSR count). The molecule has 0 bridgehead atoms. The monoisotopic (exact) mass is 529 g/mol. The lowest BCUT2D eigenvalue weighted by atomic mass is 9.90. The minimum atomic E-state index is -1.38. The number of benzene rings is 2.